The van der Waals surface area contributed by atoms with E-state index in [-0.39, 0.29) is 43.9 Å². The summed E-state index contributed by atoms with van der Waals surface area (Å²) in [5.74, 6) is 2.22. The van der Waals surface area contributed by atoms with Gasteiger partial charge in [0.25, 0.3) is 11.8 Å². The van der Waals surface area contributed by atoms with Crippen LogP contribution in [0.1, 0.15) is 212 Å². The molecule has 0 saturated heterocycles. The Balaban J connectivity index is 0.000000478. The van der Waals surface area contributed by atoms with Crippen LogP contribution in [-0.2, 0) is 50.4 Å². The van der Waals surface area contributed by atoms with Gasteiger partial charge in [0.15, 0.2) is 36.5 Å². The van der Waals surface area contributed by atoms with Crippen molar-refractivity contribution in [3.8, 4) is 11.8 Å². The Morgan fingerprint density at radius 1 is 0.518 bits per heavy atom. The largest absolute Gasteiger partial charge is 0.574 e. The van der Waals surface area contributed by atoms with Gasteiger partial charge in [-0.2, -0.15) is 14.5 Å². The van der Waals surface area contributed by atoms with E-state index in [1.165, 1.54) is 19.1 Å². The van der Waals surface area contributed by atoms with Crippen molar-refractivity contribution in [3.05, 3.63) is 109 Å². The average Bonchev–Trinajstić information content (AvgIpc) is 4.21. The van der Waals surface area contributed by atoms with Crippen LogP contribution in [0.5, 0.6) is 11.8 Å². The van der Waals surface area contributed by atoms with Crippen molar-refractivity contribution in [1.29, 1.82) is 0 Å². The van der Waals surface area contributed by atoms with Gasteiger partial charge in [0.2, 0.25) is 5.89 Å². The standard InChI is InChI=1S/C7H9F3N2O2.C7H9F3N2OS.C7H13N3.4C7H11NO.C6H10N2O/c2*1-6(2,3)4-5(12-14-11-4)13-7(8,9)10;1-7(2,3)6-8-5-10(4)9-6;1-7(2,3)6-4-9-5-8-6;1-7(2,3)6-4-8-5-9-6;1-7(2,3)6-8-4-5-9-6;1-7(2,3)6-4-5-9-8-6;1-6(2,3)5-7-4-8-9-5/h2*1-3H3;5H,1-4H3;4*4-5H,1-3H3;4H,1-3H3. The summed E-state index contributed by atoms with van der Waals surface area (Å²) < 4.78 is 116. The maximum Gasteiger partial charge on any atom is 0.574 e. The van der Waals surface area contributed by atoms with Crippen molar-refractivity contribution in [2.45, 2.75) is 222 Å². The molecule has 0 atom stereocenters. The summed E-state index contributed by atoms with van der Waals surface area (Å²) in [6.45, 7) is 47.7. The number of nitrogens with zero attached hydrogens (tertiary/aromatic N) is 13. The predicted molar refractivity (Wildman–Crippen MR) is 298 cm³/mol. The fourth-order valence-electron chi connectivity index (χ4n) is 5.18. The third kappa shape index (κ3) is 30.2. The molecule has 21 nitrogen and oxygen atoms in total. The number of oxazole rings is 3. The number of hydrogen-bond acceptors (Lipinski definition) is 21. The summed E-state index contributed by atoms with van der Waals surface area (Å²) in [4.78, 5) is 19.9. The Hall–Kier alpha value is -7.00. The van der Waals surface area contributed by atoms with E-state index in [4.69, 9.17) is 22.3 Å². The van der Waals surface area contributed by atoms with Gasteiger partial charge in [0.1, 0.15) is 36.6 Å². The first kappa shape index (κ1) is 74.0. The topological polar surface area (TPSA) is 257 Å². The highest BCUT2D eigenvalue weighted by atomic mass is 32.1. The van der Waals surface area contributed by atoms with Gasteiger partial charge in [-0.3, -0.25) is 4.68 Å². The molecule has 0 spiro atoms. The van der Waals surface area contributed by atoms with Crippen molar-refractivity contribution in [1.82, 2.24) is 64.1 Å². The second kappa shape index (κ2) is 30.0. The summed E-state index contributed by atoms with van der Waals surface area (Å²) in [6, 6.07) is 1.89. The van der Waals surface area contributed by atoms with Gasteiger partial charge in [0, 0.05) is 56.4 Å². The molecule has 0 aliphatic heterocycles. The molecule has 0 aliphatic rings. The van der Waals surface area contributed by atoms with Gasteiger partial charge in [-0.05, 0) is 5.16 Å². The van der Waals surface area contributed by atoms with Crippen molar-refractivity contribution in [3.63, 3.8) is 0 Å². The van der Waals surface area contributed by atoms with Gasteiger partial charge < -0.3 is 31.8 Å². The molecule has 0 unspecified atom stereocenters. The van der Waals surface area contributed by atoms with E-state index < -0.39 is 35.3 Å². The highest BCUT2D eigenvalue weighted by molar-refractivity contribution is 6.99. The number of alkyl halides is 6. The van der Waals surface area contributed by atoms with E-state index in [1.807, 2.05) is 33.9 Å². The molecule has 0 radical (unpaired) electrons. The molecule has 8 rings (SSSR count). The zero-order chi connectivity index (χ0) is 64.3. The van der Waals surface area contributed by atoms with E-state index in [1.54, 1.807) is 83.7 Å². The van der Waals surface area contributed by atoms with Crippen molar-refractivity contribution >= 4 is 11.7 Å². The maximum absolute atomic E-state index is 11.9. The number of aromatic nitrogens is 13. The lowest BCUT2D eigenvalue weighted by atomic mass is 9.93. The normalized spacial score (nSPS) is 12.3. The second-order valence-corrected chi connectivity index (χ2v) is 26.9. The van der Waals surface area contributed by atoms with Crippen LogP contribution in [0, 0.1) is 0 Å². The number of halogens is 6. The molecule has 8 aromatic rings. The molecule has 466 valence electrons. The molecule has 0 saturated carbocycles. The van der Waals surface area contributed by atoms with Crippen molar-refractivity contribution in [2.24, 2.45) is 7.05 Å². The molecule has 28 heteroatoms. The van der Waals surface area contributed by atoms with E-state index in [0.29, 0.717) is 17.6 Å². The lowest BCUT2D eigenvalue weighted by molar-refractivity contribution is -0.277. The monoisotopic (exact) mass is 1200 g/mol. The minimum absolute atomic E-state index is 0.0174. The predicted octanol–water partition coefficient (Wildman–Crippen LogP) is 15.4. The summed E-state index contributed by atoms with van der Waals surface area (Å²) in [6.07, 6.45) is 4.86. The summed E-state index contributed by atoms with van der Waals surface area (Å²) >= 11 is 0.709. The van der Waals surface area contributed by atoms with E-state index >= 15 is 0 Å². The highest BCUT2D eigenvalue weighted by Gasteiger charge is 2.38. The fraction of sp³-hybridized carbons (Fsp3) is 0.636. The molecule has 8 heterocycles. The molecule has 0 amide bonds. The van der Waals surface area contributed by atoms with Crippen LogP contribution in [0.15, 0.2) is 89.6 Å². The number of rotatable bonds is 2. The zero-order valence-corrected chi connectivity index (χ0v) is 53.3. The first-order valence-electron chi connectivity index (χ1n) is 25.8. The Labute approximate surface area is 486 Å². The molecule has 0 bridgehead atoms. The quantitative estimate of drug-likeness (QED) is 0.146. The van der Waals surface area contributed by atoms with Gasteiger partial charge in [0.05, 0.1) is 35.5 Å². The Kier molecular flexibility index (Phi) is 26.8. The SMILES string of the molecule is CC(C)(C)c1ccon1.CC(C)(C)c1cnco1.CC(C)(C)c1cocn1.CC(C)(C)c1ncco1.CC(C)(C)c1ncno1.CC(C)(C)c1nonc1OC(F)(F)F.CC(C)(C)c1nsnc1OC(F)(F)F.Cn1cnc(C(C)(C)C)n1. The number of ether oxygens (including phenoxy) is 2. The van der Waals surface area contributed by atoms with Gasteiger partial charge in [-0.15, -0.1) is 30.7 Å². The van der Waals surface area contributed by atoms with E-state index in [9.17, 15) is 26.3 Å². The van der Waals surface area contributed by atoms with Crippen LogP contribution >= 0.6 is 11.7 Å². The molecular weight excluding hydrogens is 1120 g/mol. The van der Waals surface area contributed by atoms with Crippen LogP contribution in [0.2, 0.25) is 0 Å². The van der Waals surface area contributed by atoms with Crippen LogP contribution in [0.25, 0.3) is 0 Å². The van der Waals surface area contributed by atoms with Crippen LogP contribution < -0.4 is 9.47 Å². The van der Waals surface area contributed by atoms with Gasteiger partial charge >= 0.3 is 12.7 Å². The summed E-state index contributed by atoms with van der Waals surface area (Å²) in [5.41, 5.74) is 1.57. The molecule has 0 N–H and O–H groups in total. The molecule has 0 aliphatic carbocycles. The highest BCUT2D eigenvalue weighted by Crippen LogP contribution is 2.34. The average molecular weight is 1200 g/mol. The molecule has 0 fully saturated rings. The molecule has 83 heavy (non-hydrogen) atoms. The number of hydrogen-bond donors (Lipinski definition) is 0. The molecular formula is C55H85F6N13O8S. The van der Waals surface area contributed by atoms with Gasteiger partial charge in [-0.25, -0.2) is 24.6 Å². The third-order valence-electron chi connectivity index (χ3n) is 9.69. The fourth-order valence-corrected chi connectivity index (χ4v) is 5.85. The number of aryl methyl sites for hydroxylation is 1. The Morgan fingerprint density at radius 2 is 1.08 bits per heavy atom. The van der Waals surface area contributed by atoms with E-state index in [0.717, 1.165) is 28.9 Å². The van der Waals surface area contributed by atoms with E-state index in [2.05, 4.69) is 177 Å². The molecule has 0 aromatic carbocycles. The zero-order valence-electron chi connectivity index (χ0n) is 52.5. The molecule has 8 aromatic heterocycles. The lowest BCUT2D eigenvalue weighted by Gasteiger charge is -2.16. The maximum atomic E-state index is 11.9. The van der Waals surface area contributed by atoms with Crippen molar-refractivity contribution in [2.75, 3.05) is 0 Å². The lowest BCUT2D eigenvalue weighted by Crippen LogP contribution is -2.21. The first-order chi connectivity index (χ1) is 37.4. The Morgan fingerprint density at radius 3 is 1.37 bits per heavy atom. The second-order valence-electron chi connectivity index (χ2n) is 26.4. The van der Waals surface area contributed by atoms with Crippen LogP contribution in [0.4, 0.5) is 26.3 Å². The van der Waals surface area contributed by atoms with Crippen LogP contribution in [0.3, 0.4) is 0 Å². The minimum atomic E-state index is -4.78. The summed E-state index contributed by atoms with van der Waals surface area (Å²) in [5, 5.41) is 17.9. The van der Waals surface area contributed by atoms with Crippen LogP contribution in [-0.4, -0.2) is 76.8 Å². The Bertz CT molecular complexity index is 2590. The smallest absolute Gasteiger partial charge is 0.451 e. The third-order valence-corrected chi connectivity index (χ3v) is 10.2. The summed E-state index contributed by atoms with van der Waals surface area (Å²) in [7, 11) is 1.88. The van der Waals surface area contributed by atoms with Gasteiger partial charge in [-0.1, -0.05) is 182 Å². The first-order valence-corrected chi connectivity index (χ1v) is 26.5. The van der Waals surface area contributed by atoms with Crippen molar-refractivity contribution < 1.29 is 62.7 Å². The minimum Gasteiger partial charge on any atom is -0.451 e.